The van der Waals surface area contributed by atoms with E-state index < -0.39 is 5.54 Å². The Kier molecular flexibility index (Phi) is 3.85. The number of amides is 1. The second-order valence-electron chi connectivity index (χ2n) is 5.33. The standard InChI is InChI=1S/C14H21N3O2/c1-10-8-11(2)16-13(15-10)14(3)6-5-7-17(14)12(18)9-19-4/h8H,5-7,9H2,1-4H3. The number of methoxy groups -OCH3 is 1. The molecule has 1 atom stereocenters. The van der Waals surface area contributed by atoms with Crippen LogP contribution in [-0.4, -0.2) is 41.0 Å². The van der Waals surface area contributed by atoms with E-state index in [1.54, 1.807) is 7.11 Å². The quantitative estimate of drug-likeness (QED) is 0.830. The summed E-state index contributed by atoms with van der Waals surface area (Å²) in [6, 6.07) is 1.95. The van der Waals surface area contributed by atoms with Crippen LogP contribution in [0.5, 0.6) is 0 Å². The molecule has 1 aromatic rings. The first-order valence-electron chi connectivity index (χ1n) is 6.59. The van der Waals surface area contributed by atoms with Crippen LogP contribution in [0.2, 0.25) is 0 Å². The maximum Gasteiger partial charge on any atom is 0.249 e. The van der Waals surface area contributed by atoms with E-state index in [1.165, 1.54) is 0 Å². The first-order chi connectivity index (χ1) is 8.97. The summed E-state index contributed by atoms with van der Waals surface area (Å²) in [5, 5.41) is 0. The van der Waals surface area contributed by atoms with Crippen LogP contribution < -0.4 is 0 Å². The molecule has 104 valence electrons. The van der Waals surface area contributed by atoms with Gasteiger partial charge in [0.2, 0.25) is 5.91 Å². The van der Waals surface area contributed by atoms with E-state index >= 15 is 0 Å². The SMILES string of the molecule is COCC(=O)N1CCCC1(C)c1nc(C)cc(C)n1. The Bertz CT molecular complexity index is 469. The summed E-state index contributed by atoms with van der Waals surface area (Å²) >= 11 is 0. The molecule has 1 aliphatic heterocycles. The maximum atomic E-state index is 12.1. The number of likely N-dealkylation sites (tertiary alicyclic amines) is 1. The first-order valence-corrected chi connectivity index (χ1v) is 6.59. The summed E-state index contributed by atoms with van der Waals surface area (Å²) in [7, 11) is 1.54. The molecule has 1 saturated heterocycles. The minimum Gasteiger partial charge on any atom is -0.375 e. The van der Waals surface area contributed by atoms with E-state index in [9.17, 15) is 4.79 Å². The van der Waals surface area contributed by atoms with Crippen LogP contribution in [0.1, 0.15) is 37.0 Å². The zero-order valence-electron chi connectivity index (χ0n) is 12.1. The van der Waals surface area contributed by atoms with Crippen molar-refractivity contribution in [3.8, 4) is 0 Å². The van der Waals surface area contributed by atoms with Crippen molar-refractivity contribution in [2.45, 2.75) is 39.2 Å². The molecule has 1 amide bonds. The van der Waals surface area contributed by atoms with Gasteiger partial charge in [0.05, 0.1) is 5.54 Å². The molecule has 0 N–H and O–H groups in total. The van der Waals surface area contributed by atoms with Gasteiger partial charge < -0.3 is 9.64 Å². The molecule has 0 aromatic carbocycles. The monoisotopic (exact) mass is 263 g/mol. The van der Waals surface area contributed by atoms with Crippen LogP contribution in [-0.2, 0) is 15.1 Å². The predicted molar refractivity (Wildman–Crippen MR) is 71.7 cm³/mol. The van der Waals surface area contributed by atoms with Crippen molar-refractivity contribution in [1.29, 1.82) is 0 Å². The first kappa shape index (κ1) is 13.9. The third kappa shape index (κ3) is 2.61. The molecule has 0 spiro atoms. The van der Waals surface area contributed by atoms with Crippen molar-refractivity contribution in [1.82, 2.24) is 14.9 Å². The predicted octanol–water partition coefficient (Wildman–Crippen LogP) is 1.58. The Morgan fingerprint density at radius 3 is 2.63 bits per heavy atom. The zero-order valence-corrected chi connectivity index (χ0v) is 12.1. The van der Waals surface area contributed by atoms with Crippen molar-refractivity contribution in [2.24, 2.45) is 0 Å². The van der Waals surface area contributed by atoms with Gasteiger partial charge in [0.1, 0.15) is 6.61 Å². The van der Waals surface area contributed by atoms with Crippen LogP contribution in [0.3, 0.4) is 0 Å². The van der Waals surface area contributed by atoms with Crippen molar-refractivity contribution in [2.75, 3.05) is 20.3 Å². The second-order valence-corrected chi connectivity index (χ2v) is 5.33. The fourth-order valence-electron chi connectivity index (χ4n) is 2.76. The molecule has 2 heterocycles. The molecule has 2 rings (SSSR count). The number of aromatic nitrogens is 2. The molecule has 0 aliphatic carbocycles. The summed E-state index contributed by atoms with van der Waals surface area (Å²) < 4.78 is 4.96. The normalized spacial score (nSPS) is 22.8. The number of carbonyl (C=O) groups is 1. The lowest BCUT2D eigenvalue weighted by Gasteiger charge is -2.34. The highest BCUT2D eigenvalue weighted by molar-refractivity contribution is 5.78. The van der Waals surface area contributed by atoms with Gasteiger partial charge in [0.15, 0.2) is 5.82 Å². The molecule has 5 heteroatoms. The summed E-state index contributed by atoms with van der Waals surface area (Å²) in [5.74, 6) is 0.747. The van der Waals surface area contributed by atoms with E-state index in [4.69, 9.17) is 4.74 Å². The van der Waals surface area contributed by atoms with Gasteiger partial charge in [-0.05, 0) is 39.7 Å². The minimum atomic E-state index is -0.410. The highest BCUT2D eigenvalue weighted by atomic mass is 16.5. The van der Waals surface area contributed by atoms with Crippen molar-refractivity contribution in [3.05, 3.63) is 23.3 Å². The zero-order chi connectivity index (χ0) is 14.0. The molecular formula is C14H21N3O2. The number of rotatable bonds is 3. The van der Waals surface area contributed by atoms with Gasteiger partial charge in [-0.3, -0.25) is 4.79 Å². The van der Waals surface area contributed by atoms with E-state index in [-0.39, 0.29) is 12.5 Å². The Balaban J connectivity index is 2.36. The van der Waals surface area contributed by atoms with Crippen molar-refractivity contribution >= 4 is 5.91 Å². The lowest BCUT2D eigenvalue weighted by molar-refractivity contribution is -0.139. The largest absolute Gasteiger partial charge is 0.375 e. The lowest BCUT2D eigenvalue weighted by Crippen LogP contribution is -2.45. The minimum absolute atomic E-state index is 0.00487. The molecule has 1 fully saturated rings. The fraction of sp³-hybridized carbons (Fsp3) is 0.643. The number of carbonyl (C=O) groups excluding carboxylic acids is 1. The van der Waals surface area contributed by atoms with Gasteiger partial charge >= 0.3 is 0 Å². The smallest absolute Gasteiger partial charge is 0.249 e. The van der Waals surface area contributed by atoms with E-state index in [2.05, 4.69) is 9.97 Å². The molecular weight excluding hydrogens is 242 g/mol. The Labute approximate surface area is 114 Å². The van der Waals surface area contributed by atoms with E-state index in [0.29, 0.717) is 0 Å². The highest BCUT2D eigenvalue weighted by Gasteiger charge is 2.43. The Hall–Kier alpha value is -1.49. The molecule has 1 aliphatic rings. The van der Waals surface area contributed by atoms with Crippen molar-refractivity contribution < 1.29 is 9.53 Å². The van der Waals surface area contributed by atoms with Crippen LogP contribution in [0.15, 0.2) is 6.07 Å². The van der Waals surface area contributed by atoms with Gasteiger partial charge in [0.25, 0.3) is 0 Å². The third-order valence-electron chi connectivity index (χ3n) is 3.67. The summed E-state index contributed by atoms with van der Waals surface area (Å²) in [6.07, 6.45) is 1.87. The van der Waals surface area contributed by atoms with Crippen molar-refractivity contribution in [3.63, 3.8) is 0 Å². The van der Waals surface area contributed by atoms with Crippen LogP contribution >= 0.6 is 0 Å². The summed E-state index contributed by atoms with van der Waals surface area (Å²) in [4.78, 5) is 23.1. The molecule has 1 unspecified atom stereocenters. The molecule has 5 nitrogen and oxygen atoms in total. The molecule has 19 heavy (non-hydrogen) atoms. The van der Waals surface area contributed by atoms with Crippen LogP contribution in [0.25, 0.3) is 0 Å². The number of aryl methyl sites for hydroxylation is 2. The summed E-state index contributed by atoms with van der Waals surface area (Å²) in [6.45, 7) is 6.81. The number of ether oxygens (including phenoxy) is 1. The van der Waals surface area contributed by atoms with Gasteiger partial charge in [-0.15, -0.1) is 0 Å². The van der Waals surface area contributed by atoms with E-state index in [1.807, 2.05) is 31.7 Å². The molecule has 0 saturated carbocycles. The Morgan fingerprint density at radius 1 is 1.42 bits per heavy atom. The maximum absolute atomic E-state index is 12.1. The van der Waals surface area contributed by atoms with E-state index in [0.717, 1.165) is 36.6 Å². The van der Waals surface area contributed by atoms with Crippen LogP contribution in [0.4, 0.5) is 0 Å². The van der Waals surface area contributed by atoms with Gasteiger partial charge in [-0.25, -0.2) is 9.97 Å². The Morgan fingerprint density at radius 2 is 2.05 bits per heavy atom. The van der Waals surface area contributed by atoms with Gasteiger partial charge in [-0.1, -0.05) is 0 Å². The average molecular weight is 263 g/mol. The van der Waals surface area contributed by atoms with Gasteiger partial charge in [-0.2, -0.15) is 0 Å². The topological polar surface area (TPSA) is 55.3 Å². The second kappa shape index (κ2) is 5.25. The third-order valence-corrected chi connectivity index (χ3v) is 3.67. The van der Waals surface area contributed by atoms with Gasteiger partial charge in [0, 0.05) is 25.0 Å². The lowest BCUT2D eigenvalue weighted by atomic mass is 9.97. The summed E-state index contributed by atoms with van der Waals surface area (Å²) in [5.41, 5.74) is 1.47. The number of nitrogens with zero attached hydrogens (tertiary/aromatic N) is 3. The number of hydrogen-bond donors (Lipinski definition) is 0. The highest BCUT2D eigenvalue weighted by Crippen LogP contribution is 2.36. The average Bonchev–Trinajstić information content (AvgIpc) is 2.72. The molecule has 1 aromatic heterocycles. The fourth-order valence-corrected chi connectivity index (χ4v) is 2.76. The molecule has 0 radical (unpaired) electrons. The number of hydrogen-bond acceptors (Lipinski definition) is 4. The van der Waals surface area contributed by atoms with Crippen LogP contribution in [0, 0.1) is 13.8 Å². The molecule has 0 bridgehead atoms.